The molecule has 9 heavy (non-hydrogen) atoms. The molecule has 0 aliphatic rings. The van der Waals surface area contributed by atoms with E-state index in [0.29, 0.717) is 0 Å². The van der Waals surface area contributed by atoms with E-state index in [2.05, 4.69) is 10.6 Å². The molecule has 2 nitrogen and oxygen atoms in total. The van der Waals surface area contributed by atoms with Crippen LogP contribution in [0.25, 0.3) is 0 Å². The lowest BCUT2D eigenvalue weighted by molar-refractivity contribution is 0.692. The molecule has 0 aromatic heterocycles. The molecule has 0 spiro atoms. The van der Waals surface area contributed by atoms with E-state index in [1.807, 2.05) is 26.2 Å². The van der Waals surface area contributed by atoms with Gasteiger partial charge in [0.15, 0.2) is 0 Å². The minimum atomic E-state index is 1.06. The Morgan fingerprint density at radius 2 is 2.11 bits per heavy atom. The molecule has 0 amide bonds. The molecule has 0 aromatic rings. The van der Waals surface area contributed by atoms with Crippen LogP contribution in [0, 0.1) is 0 Å². The van der Waals surface area contributed by atoms with Crippen molar-refractivity contribution in [3.63, 3.8) is 0 Å². The van der Waals surface area contributed by atoms with E-state index < -0.39 is 0 Å². The molecule has 0 aromatic carbocycles. The third-order valence-electron chi connectivity index (χ3n) is 1.03. The predicted molar refractivity (Wildman–Crippen MR) is 41.4 cm³/mol. The first-order valence-corrected chi connectivity index (χ1v) is 3.41. The zero-order chi connectivity index (χ0) is 6.95. The largest absolute Gasteiger partial charge is 0.391 e. The molecule has 2 N–H and O–H groups in total. The highest BCUT2D eigenvalue weighted by molar-refractivity contribution is 4.73. The van der Waals surface area contributed by atoms with Crippen molar-refractivity contribution in [3.05, 3.63) is 12.3 Å². The molecular weight excluding hydrogens is 112 g/mol. The van der Waals surface area contributed by atoms with E-state index in [9.17, 15) is 0 Å². The quantitative estimate of drug-likeness (QED) is 0.533. The SMILES string of the molecule is C/C=C/NCCCNC. The van der Waals surface area contributed by atoms with Crippen LogP contribution in [0.4, 0.5) is 0 Å². The lowest BCUT2D eigenvalue weighted by Gasteiger charge is -1.98. The van der Waals surface area contributed by atoms with Gasteiger partial charge in [0.2, 0.25) is 0 Å². The number of nitrogens with one attached hydrogen (secondary N) is 2. The van der Waals surface area contributed by atoms with Crippen molar-refractivity contribution in [2.45, 2.75) is 13.3 Å². The fourth-order valence-corrected chi connectivity index (χ4v) is 0.568. The smallest absolute Gasteiger partial charge is 0.0153 e. The second-order valence-electron chi connectivity index (χ2n) is 1.91. The van der Waals surface area contributed by atoms with Gasteiger partial charge in [-0.2, -0.15) is 0 Å². The Bertz CT molecular complexity index is 69.3. The van der Waals surface area contributed by atoms with Gasteiger partial charge in [0, 0.05) is 6.54 Å². The molecule has 0 saturated heterocycles. The van der Waals surface area contributed by atoms with Crippen LogP contribution in [0.1, 0.15) is 13.3 Å². The van der Waals surface area contributed by atoms with Crippen LogP contribution in [0.3, 0.4) is 0 Å². The van der Waals surface area contributed by atoms with Crippen molar-refractivity contribution in [3.8, 4) is 0 Å². The average Bonchev–Trinajstić information content (AvgIpc) is 1.89. The Hall–Kier alpha value is -0.500. The second kappa shape index (κ2) is 7.50. The summed E-state index contributed by atoms with van der Waals surface area (Å²) < 4.78 is 0. The summed E-state index contributed by atoms with van der Waals surface area (Å²) in [6, 6.07) is 0. The summed E-state index contributed by atoms with van der Waals surface area (Å²) >= 11 is 0. The lowest BCUT2D eigenvalue weighted by atomic mass is 10.4. The van der Waals surface area contributed by atoms with Crippen molar-refractivity contribution < 1.29 is 0 Å². The van der Waals surface area contributed by atoms with Gasteiger partial charge in [0.05, 0.1) is 0 Å². The lowest BCUT2D eigenvalue weighted by Crippen LogP contribution is -2.15. The summed E-state index contributed by atoms with van der Waals surface area (Å²) in [5.74, 6) is 0. The van der Waals surface area contributed by atoms with Crippen molar-refractivity contribution in [2.24, 2.45) is 0 Å². The van der Waals surface area contributed by atoms with Gasteiger partial charge >= 0.3 is 0 Å². The fraction of sp³-hybridized carbons (Fsp3) is 0.714. The third-order valence-corrected chi connectivity index (χ3v) is 1.03. The van der Waals surface area contributed by atoms with E-state index in [4.69, 9.17) is 0 Å². The summed E-state index contributed by atoms with van der Waals surface area (Å²) in [7, 11) is 1.97. The second-order valence-corrected chi connectivity index (χ2v) is 1.91. The molecule has 0 rings (SSSR count). The topological polar surface area (TPSA) is 24.1 Å². The number of rotatable bonds is 5. The first-order valence-electron chi connectivity index (χ1n) is 3.41. The van der Waals surface area contributed by atoms with Crippen molar-refractivity contribution in [1.29, 1.82) is 0 Å². The van der Waals surface area contributed by atoms with Crippen LogP contribution in [-0.4, -0.2) is 20.1 Å². The molecule has 0 saturated carbocycles. The molecule has 0 bridgehead atoms. The van der Waals surface area contributed by atoms with Gasteiger partial charge in [-0.15, -0.1) is 0 Å². The van der Waals surface area contributed by atoms with Gasteiger partial charge in [-0.05, 0) is 33.1 Å². The zero-order valence-corrected chi connectivity index (χ0v) is 6.28. The summed E-state index contributed by atoms with van der Waals surface area (Å²) in [6.07, 6.45) is 5.15. The molecule has 0 fully saturated rings. The summed E-state index contributed by atoms with van der Waals surface area (Å²) in [5.41, 5.74) is 0. The van der Waals surface area contributed by atoms with Crippen LogP contribution < -0.4 is 10.6 Å². The fourth-order valence-electron chi connectivity index (χ4n) is 0.568. The Labute approximate surface area is 57.3 Å². The van der Waals surface area contributed by atoms with Crippen LogP contribution in [0.2, 0.25) is 0 Å². The maximum Gasteiger partial charge on any atom is 0.0153 e. The van der Waals surface area contributed by atoms with Gasteiger partial charge in [-0.3, -0.25) is 0 Å². The van der Waals surface area contributed by atoms with Crippen LogP contribution in [0.5, 0.6) is 0 Å². The van der Waals surface area contributed by atoms with Crippen LogP contribution >= 0.6 is 0 Å². The normalized spacial score (nSPS) is 10.4. The molecule has 54 valence electrons. The van der Waals surface area contributed by atoms with E-state index in [-0.39, 0.29) is 0 Å². The molecule has 0 radical (unpaired) electrons. The summed E-state index contributed by atoms with van der Waals surface area (Å²) in [6.45, 7) is 4.15. The average molecular weight is 128 g/mol. The highest BCUT2D eigenvalue weighted by atomic mass is 14.8. The van der Waals surface area contributed by atoms with Gasteiger partial charge in [0.25, 0.3) is 0 Å². The zero-order valence-electron chi connectivity index (χ0n) is 6.28. The van der Waals surface area contributed by atoms with E-state index in [0.717, 1.165) is 13.1 Å². The minimum absolute atomic E-state index is 1.06. The standard InChI is InChI=1S/C7H16N2/c1-3-5-9-7-4-6-8-2/h3,5,8-9H,4,6-7H2,1-2H3/b5-3+. The minimum Gasteiger partial charge on any atom is -0.391 e. The first kappa shape index (κ1) is 8.50. The summed E-state index contributed by atoms with van der Waals surface area (Å²) in [5, 5.41) is 6.23. The summed E-state index contributed by atoms with van der Waals surface area (Å²) in [4.78, 5) is 0. The van der Waals surface area contributed by atoms with Gasteiger partial charge in [-0.25, -0.2) is 0 Å². The Balaban J connectivity index is 2.75. The molecular formula is C7H16N2. The monoisotopic (exact) mass is 128 g/mol. The highest BCUT2D eigenvalue weighted by Crippen LogP contribution is 1.71. The molecule has 0 aliphatic carbocycles. The Kier molecular flexibility index (Phi) is 7.08. The van der Waals surface area contributed by atoms with Gasteiger partial charge in [0.1, 0.15) is 0 Å². The van der Waals surface area contributed by atoms with Crippen LogP contribution in [0.15, 0.2) is 12.3 Å². The Morgan fingerprint density at radius 3 is 2.67 bits per heavy atom. The van der Waals surface area contributed by atoms with E-state index in [1.165, 1.54) is 6.42 Å². The molecule has 2 heteroatoms. The number of allylic oxidation sites excluding steroid dienone is 1. The van der Waals surface area contributed by atoms with E-state index in [1.54, 1.807) is 0 Å². The van der Waals surface area contributed by atoms with Gasteiger partial charge in [-0.1, -0.05) is 6.08 Å². The molecule has 0 aliphatic heterocycles. The van der Waals surface area contributed by atoms with Gasteiger partial charge < -0.3 is 10.6 Å². The highest BCUT2D eigenvalue weighted by Gasteiger charge is 1.79. The number of hydrogen-bond acceptors (Lipinski definition) is 2. The van der Waals surface area contributed by atoms with E-state index >= 15 is 0 Å². The van der Waals surface area contributed by atoms with Crippen molar-refractivity contribution >= 4 is 0 Å². The number of hydrogen-bond donors (Lipinski definition) is 2. The van der Waals surface area contributed by atoms with Crippen molar-refractivity contribution in [2.75, 3.05) is 20.1 Å². The molecule has 0 atom stereocenters. The molecule has 0 unspecified atom stereocenters. The maximum atomic E-state index is 3.15. The van der Waals surface area contributed by atoms with Crippen LogP contribution in [-0.2, 0) is 0 Å². The van der Waals surface area contributed by atoms with Crippen molar-refractivity contribution in [1.82, 2.24) is 10.6 Å². The molecule has 0 heterocycles. The first-order chi connectivity index (χ1) is 4.41. The predicted octanol–water partition coefficient (Wildman–Crippen LogP) is 0.719. The third kappa shape index (κ3) is 7.50. The maximum absolute atomic E-state index is 3.15. The Morgan fingerprint density at radius 1 is 1.33 bits per heavy atom.